The molecule has 2 rings (SSSR count). The lowest BCUT2D eigenvalue weighted by atomic mass is 10.1. The van der Waals surface area contributed by atoms with E-state index in [0.717, 1.165) is 11.3 Å². The minimum Gasteiger partial charge on any atom is -0.497 e. The van der Waals surface area contributed by atoms with E-state index in [0.29, 0.717) is 29.3 Å². The third-order valence-electron chi connectivity index (χ3n) is 3.24. The Morgan fingerprint density at radius 3 is 2.55 bits per heavy atom. The topological polar surface area (TPSA) is 64.2 Å². The van der Waals surface area contributed by atoms with Crippen LogP contribution in [0.4, 0.5) is 0 Å². The summed E-state index contributed by atoms with van der Waals surface area (Å²) in [6.45, 7) is 3.78. The first-order chi connectivity index (χ1) is 9.60. The summed E-state index contributed by atoms with van der Waals surface area (Å²) in [5.74, 6) is 1.80. The third-order valence-corrected chi connectivity index (χ3v) is 3.24. The molecule has 5 heteroatoms. The monoisotopic (exact) mass is 274 g/mol. The first-order valence-corrected chi connectivity index (χ1v) is 6.42. The second kappa shape index (κ2) is 5.77. The SMILES string of the molecule is CCc1c(C)nc(-c2ccc(OC)cc2OC)[nH]c1=O. The van der Waals surface area contributed by atoms with Crippen LogP contribution in [0.2, 0.25) is 0 Å². The van der Waals surface area contributed by atoms with Gasteiger partial charge < -0.3 is 14.5 Å². The van der Waals surface area contributed by atoms with Gasteiger partial charge in [0.05, 0.1) is 19.8 Å². The van der Waals surface area contributed by atoms with Gasteiger partial charge >= 0.3 is 0 Å². The highest BCUT2D eigenvalue weighted by Gasteiger charge is 2.12. The molecular weight excluding hydrogens is 256 g/mol. The molecule has 0 unspecified atom stereocenters. The molecule has 1 N–H and O–H groups in total. The number of benzene rings is 1. The molecule has 0 spiro atoms. The fourth-order valence-corrected chi connectivity index (χ4v) is 2.15. The van der Waals surface area contributed by atoms with Crippen LogP contribution in [0.3, 0.4) is 0 Å². The Kier molecular flexibility index (Phi) is 4.08. The van der Waals surface area contributed by atoms with Crippen molar-refractivity contribution < 1.29 is 9.47 Å². The van der Waals surface area contributed by atoms with Gasteiger partial charge in [0.15, 0.2) is 0 Å². The van der Waals surface area contributed by atoms with Crippen LogP contribution in [0.15, 0.2) is 23.0 Å². The molecule has 0 aliphatic rings. The predicted molar refractivity (Wildman–Crippen MR) is 77.5 cm³/mol. The van der Waals surface area contributed by atoms with Crippen molar-refractivity contribution in [1.29, 1.82) is 0 Å². The van der Waals surface area contributed by atoms with Gasteiger partial charge in [-0.3, -0.25) is 4.79 Å². The first-order valence-electron chi connectivity index (χ1n) is 6.42. The van der Waals surface area contributed by atoms with E-state index in [2.05, 4.69) is 9.97 Å². The first kappa shape index (κ1) is 14.1. The quantitative estimate of drug-likeness (QED) is 0.929. The number of hydrogen-bond acceptors (Lipinski definition) is 4. The van der Waals surface area contributed by atoms with Crippen LogP contribution in [0.5, 0.6) is 11.5 Å². The molecule has 0 saturated heterocycles. The van der Waals surface area contributed by atoms with E-state index in [1.165, 1.54) is 0 Å². The van der Waals surface area contributed by atoms with E-state index in [1.54, 1.807) is 26.4 Å². The van der Waals surface area contributed by atoms with Gasteiger partial charge in [-0.2, -0.15) is 0 Å². The summed E-state index contributed by atoms with van der Waals surface area (Å²) in [5, 5.41) is 0. The molecular formula is C15H18N2O3. The van der Waals surface area contributed by atoms with Crippen molar-refractivity contribution in [3.63, 3.8) is 0 Å². The molecule has 1 aromatic carbocycles. The maximum absolute atomic E-state index is 12.0. The van der Waals surface area contributed by atoms with E-state index >= 15 is 0 Å². The van der Waals surface area contributed by atoms with Gasteiger partial charge in [-0.15, -0.1) is 0 Å². The fourth-order valence-electron chi connectivity index (χ4n) is 2.15. The summed E-state index contributed by atoms with van der Waals surface area (Å²) in [5.41, 5.74) is 2.08. The van der Waals surface area contributed by atoms with Crippen molar-refractivity contribution in [3.8, 4) is 22.9 Å². The van der Waals surface area contributed by atoms with Gasteiger partial charge in [0, 0.05) is 17.3 Å². The van der Waals surface area contributed by atoms with Gasteiger partial charge in [-0.25, -0.2) is 4.98 Å². The molecule has 0 fully saturated rings. The molecule has 20 heavy (non-hydrogen) atoms. The number of ether oxygens (including phenoxy) is 2. The number of rotatable bonds is 4. The zero-order chi connectivity index (χ0) is 14.7. The van der Waals surface area contributed by atoms with Crippen LogP contribution >= 0.6 is 0 Å². The number of aromatic nitrogens is 2. The number of aryl methyl sites for hydroxylation is 1. The van der Waals surface area contributed by atoms with E-state index in [4.69, 9.17) is 9.47 Å². The highest BCUT2D eigenvalue weighted by Crippen LogP contribution is 2.31. The Morgan fingerprint density at radius 2 is 2.00 bits per heavy atom. The molecule has 1 aromatic heterocycles. The van der Waals surface area contributed by atoms with E-state index in [-0.39, 0.29) is 5.56 Å². The van der Waals surface area contributed by atoms with Crippen molar-refractivity contribution in [2.45, 2.75) is 20.3 Å². The molecule has 5 nitrogen and oxygen atoms in total. The molecule has 0 radical (unpaired) electrons. The standard InChI is InChI=1S/C15H18N2O3/c1-5-11-9(2)16-14(17-15(11)18)12-7-6-10(19-3)8-13(12)20-4/h6-8H,5H2,1-4H3,(H,16,17,18). The smallest absolute Gasteiger partial charge is 0.254 e. The molecule has 2 aromatic rings. The van der Waals surface area contributed by atoms with Crippen molar-refractivity contribution in [3.05, 3.63) is 39.8 Å². The fraction of sp³-hybridized carbons (Fsp3) is 0.333. The number of nitrogens with zero attached hydrogens (tertiary/aromatic N) is 1. The van der Waals surface area contributed by atoms with Crippen LogP contribution in [-0.4, -0.2) is 24.2 Å². The van der Waals surface area contributed by atoms with Crippen LogP contribution < -0.4 is 15.0 Å². The van der Waals surface area contributed by atoms with E-state index < -0.39 is 0 Å². The lowest BCUT2D eigenvalue weighted by Gasteiger charge is -2.11. The molecule has 0 amide bonds. The molecule has 0 bridgehead atoms. The molecule has 0 aliphatic heterocycles. The van der Waals surface area contributed by atoms with Gasteiger partial charge in [-0.05, 0) is 25.5 Å². The molecule has 0 aliphatic carbocycles. The van der Waals surface area contributed by atoms with Crippen molar-refractivity contribution >= 4 is 0 Å². The van der Waals surface area contributed by atoms with E-state index in [9.17, 15) is 4.79 Å². The second-order valence-corrected chi connectivity index (χ2v) is 4.40. The van der Waals surface area contributed by atoms with E-state index in [1.807, 2.05) is 19.9 Å². The summed E-state index contributed by atoms with van der Waals surface area (Å²) >= 11 is 0. The average Bonchev–Trinajstić information content (AvgIpc) is 2.46. The average molecular weight is 274 g/mol. The van der Waals surface area contributed by atoms with Crippen LogP contribution in [0, 0.1) is 6.92 Å². The highest BCUT2D eigenvalue weighted by atomic mass is 16.5. The largest absolute Gasteiger partial charge is 0.497 e. The van der Waals surface area contributed by atoms with Gasteiger partial charge in [0.2, 0.25) is 0 Å². The zero-order valence-electron chi connectivity index (χ0n) is 12.1. The molecule has 106 valence electrons. The minimum absolute atomic E-state index is 0.104. The van der Waals surface area contributed by atoms with Gasteiger partial charge in [0.1, 0.15) is 17.3 Å². The Balaban J connectivity index is 2.60. The maximum atomic E-state index is 12.0. The Labute approximate surface area is 117 Å². The van der Waals surface area contributed by atoms with Crippen molar-refractivity contribution in [2.24, 2.45) is 0 Å². The number of methoxy groups -OCH3 is 2. The minimum atomic E-state index is -0.104. The summed E-state index contributed by atoms with van der Waals surface area (Å²) in [6, 6.07) is 5.39. The second-order valence-electron chi connectivity index (χ2n) is 4.40. The van der Waals surface area contributed by atoms with Gasteiger partial charge in [0.25, 0.3) is 5.56 Å². The molecule has 0 saturated carbocycles. The summed E-state index contributed by atoms with van der Waals surface area (Å²) in [7, 11) is 3.17. The molecule has 0 atom stereocenters. The number of nitrogens with one attached hydrogen (secondary N) is 1. The Morgan fingerprint density at radius 1 is 1.25 bits per heavy atom. The Bertz CT molecular complexity index is 677. The molecule has 1 heterocycles. The van der Waals surface area contributed by atoms with Gasteiger partial charge in [-0.1, -0.05) is 6.92 Å². The number of aromatic amines is 1. The van der Waals surface area contributed by atoms with Crippen molar-refractivity contribution in [2.75, 3.05) is 14.2 Å². The Hall–Kier alpha value is -2.30. The summed E-state index contributed by atoms with van der Waals surface area (Å²) in [6.07, 6.45) is 0.661. The highest BCUT2D eigenvalue weighted by molar-refractivity contribution is 5.65. The predicted octanol–water partition coefficient (Wildman–Crippen LogP) is 2.32. The summed E-state index contributed by atoms with van der Waals surface area (Å²) in [4.78, 5) is 19.3. The van der Waals surface area contributed by atoms with Crippen LogP contribution in [0.1, 0.15) is 18.2 Å². The van der Waals surface area contributed by atoms with Crippen LogP contribution in [-0.2, 0) is 6.42 Å². The number of hydrogen-bond donors (Lipinski definition) is 1. The van der Waals surface area contributed by atoms with Crippen LogP contribution in [0.25, 0.3) is 11.4 Å². The third kappa shape index (κ3) is 2.52. The normalized spacial score (nSPS) is 10.4. The lowest BCUT2D eigenvalue weighted by molar-refractivity contribution is 0.395. The lowest BCUT2D eigenvalue weighted by Crippen LogP contribution is -2.16. The summed E-state index contributed by atoms with van der Waals surface area (Å²) < 4.78 is 10.5. The van der Waals surface area contributed by atoms with Crippen molar-refractivity contribution in [1.82, 2.24) is 9.97 Å². The zero-order valence-corrected chi connectivity index (χ0v) is 12.1. The maximum Gasteiger partial charge on any atom is 0.254 e. The number of H-pyrrole nitrogens is 1.